The van der Waals surface area contributed by atoms with Crippen LogP contribution in [0.5, 0.6) is 0 Å². The van der Waals surface area contributed by atoms with Gasteiger partial charge in [0.2, 0.25) is 5.91 Å². The largest absolute Gasteiger partial charge is 0.480 e. The van der Waals surface area contributed by atoms with Crippen molar-refractivity contribution in [3.05, 3.63) is 102 Å². The summed E-state index contributed by atoms with van der Waals surface area (Å²) >= 11 is 0. The fourth-order valence-corrected chi connectivity index (χ4v) is 5.50. The molecular weight excluding hydrogens is 587 g/mol. The number of benzene rings is 3. The fourth-order valence-electron chi connectivity index (χ4n) is 5.50. The van der Waals surface area contributed by atoms with Crippen LogP contribution >= 0.6 is 0 Å². The lowest BCUT2D eigenvalue weighted by molar-refractivity contribution is -0.231. The van der Waals surface area contributed by atoms with Gasteiger partial charge in [-0.2, -0.15) is 13.2 Å². The number of ether oxygens (including phenoxy) is 1. The number of carboxylic acid groups (broad SMARTS) is 1. The zero-order valence-corrected chi connectivity index (χ0v) is 25.1. The first kappa shape index (κ1) is 33.4. The van der Waals surface area contributed by atoms with E-state index < -0.39 is 42.0 Å². The van der Waals surface area contributed by atoms with E-state index in [1.54, 1.807) is 54.6 Å². The van der Waals surface area contributed by atoms with Gasteiger partial charge in [0.05, 0.1) is 30.5 Å². The summed E-state index contributed by atoms with van der Waals surface area (Å²) in [6, 6.07) is 21.5. The summed E-state index contributed by atoms with van der Waals surface area (Å²) < 4.78 is 48.5. The maximum atomic E-state index is 14.6. The van der Waals surface area contributed by atoms with Crippen molar-refractivity contribution in [2.45, 2.75) is 57.9 Å². The number of para-hydroxylation sites is 1. The number of likely N-dealkylation sites (tertiary alicyclic amines) is 1. The van der Waals surface area contributed by atoms with E-state index in [0.717, 1.165) is 18.5 Å². The maximum Gasteiger partial charge on any atom is 0.397 e. The van der Waals surface area contributed by atoms with Crippen LogP contribution in [0.2, 0.25) is 0 Å². The minimum absolute atomic E-state index is 0.0780. The third kappa shape index (κ3) is 7.96. The first-order valence-corrected chi connectivity index (χ1v) is 14.7. The number of carbonyl (C=O) groups excluding carboxylic acids is 2. The predicted octanol–water partition coefficient (Wildman–Crippen LogP) is 6.10. The smallest absolute Gasteiger partial charge is 0.397 e. The Hall–Kier alpha value is -4.51. The number of carboxylic acids is 1. The Labute approximate surface area is 259 Å². The van der Waals surface area contributed by atoms with Crippen LogP contribution in [0.1, 0.15) is 49.8 Å². The molecule has 11 heteroatoms. The summed E-state index contributed by atoms with van der Waals surface area (Å²) in [6.45, 7) is 3.24. The fraction of sp³-hybridized carbons (Fsp3) is 0.353. The number of esters is 1. The average molecular weight is 624 g/mol. The topological polar surface area (TPSA) is 108 Å². The van der Waals surface area contributed by atoms with Gasteiger partial charge in [-0.25, -0.2) is 4.79 Å². The number of anilines is 1. The molecule has 0 radical (unpaired) electrons. The molecular formula is C34H36F3N3O5. The Kier molecular flexibility index (Phi) is 10.8. The molecule has 3 aromatic rings. The second-order valence-corrected chi connectivity index (χ2v) is 11.1. The number of halogens is 3. The highest BCUT2D eigenvalue weighted by Crippen LogP contribution is 2.46. The molecule has 45 heavy (non-hydrogen) atoms. The number of carbonyl (C=O) groups is 3. The molecule has 238 valence electrons. The molecule has 0 aromatic heterocycles. The summed E-state index contributed by atoms with van der Waals surface area (Å²) in [6.07, 6.45) is -4.93. The van der Waals surface area contributed by atoms with E-state index in [0.29, 0.717) is 25.5 Å². The van der Waals surface area contributed by atoms with Gasteiger partial charge in [-0.15, -0.1) is 0 Å². The minimum Gasteiger partial charge on any atom is -0.480 e. The van der Waals surface area contributed by atoms with Crippen LogP contribution < -0.4 is 5.32 Å². The van der Waals surface area contributed by atoms with E-state index in [9.17, 15) is 32.7 Å². The Morgan fingerprint density at radius 2 is 1.62 bits per heavy atom. The van der Waals surface area contributed by atoms with Crippen molar-refractivity contribution in [1.29, 1.82) is 0 Å². The van der Waals surface area contributed by atoms with Crippen molar-refractivity contribution in [3.63, 3.8) is 0 Å². The van der Waals surface area contributed by atoms with Gasteiger partial charge in [0, 0.05) is 17.7 Å². The van der Waals surface area contributed by atoms with Crippen molar-refractivity contribution >= 4 is 29.2 Å². The molecule has 0 spiro atoms. The van der Waals surface area contributed by atoms with E-state index in [-0.39, 0.29) is 29.5 Å². The molecule has 0 saturated carbocycles. The summed E-state index contributed by atoms with van der Waals surface area (Å²) in [7, 11) is 0. The van der Waals surface area contributed by atoms with E-state index >= 15 is 0 Å². The van der Waals surface area contributed by atoms with E-state index in [1.807, 2.05) is 30.3 Å². The highest BCUT2D eigenvalue weighted by molar-refractivity contribution is 6.17. The van der Waals surface area contributed by atoms with Crippen LogP contribution in [0.25, 0.3) is 0 Å². The molecule has 1 amide bonds. The zero-order valence-electron chi connectivity index (χ0n) is 25.1. The van der Waals surface area contributed by atoms with Crippen LogP contribution in [0.15, 0.2) is 89.9 Å². The number of nitrogens with zero attached hydrogens (tertiary/aromatic N) is 2. The molecule has 0 aliphatic carbocycles. The van der Waals surface area contributed by atoms with Gasteiger partial charge in [0.25, 0.3) is 0 Å². The molecule has 3 aromatic carbocycles. The summed E-state index contributed by atoms with van der Waals surface area (Å²) in [4.78, 5) is 44.8. The molecule has 2 N–H and O–H groups in total. The lowest BCUT2D eigenvalue weighted by Crippen LogP contribution is -2.50. The van der Waals surface area contributed by atoms with Crippen molar-refractivity contribution in [1.82, 2.24) is 4.90 Å². The van der Waals surface area contributed by atoms with Gasteiger partial charge >= 0.3 is 18.1 Å². The molecule has 8 nitrogen and oxygen atoms in total. The molecule has 2 unspecified atom stereocenters. The van der Waals surface area contributed by atoms with Crippen LogP contribution in [-0.2, 0) is 25.7 Å². The van der Waals surface area contributed by atoms with Crippen molar-refractivity contribution in [3.8, 4) is 0 Å². The monoisotopic (exact) mass is 623 g/mol. The lowest BCUT2D eigenvalue weighted by Gasteiger charge is -2.34. The van der Waals surface area contributed by atoms with Crippen LogP contribution in [0.4, 0.5) is 18.9 Å². The summed E-state index contributed by atoms with van der Waals surface area (Å²) in [5, 5.41) is 13.1. The van der Waals surface area contributed by atoms with Gasteiger partial charge in [0.1, 0.15) is 5.41 Å². The molecule has 0 bridgehead atoms. The maximum absolute atomic E-state index is 14.6. The molecule has 4 rings (SSSR count). The number of aliphatic imine (C=N–C) groups is 1. The summed E-state index contributed by atoms with van der Waals surface area (Å²) in [5.41, 5.74) is -1.29. The van der Waals surface area contributed by atoms with Crippen LogP contribution in [-0.4, -0.2) is 65.0 Å². The second kappa shape index (κ2) is 14.5. The van der Waals surface area contributed by atoms with Gasteiger partial charge < -0.3 is 15.2 Å². The number of hydrogen-bond donors (Lipinski definition) is 2. The van der Waals surface area contributed by atoms with Crippen molar-refractivity contribution < 1.29 is 37.4 Å². The van der Waals surface area contributed by atoms with E-state index in [1.165, 1.54) is 6.92 Å². The van der Waals surface area contributed by atoms with Gasteiger partial charge in [-0.1, -0.05) is 78.9 Å². The average Bonchev–Trinajstić information content (AvgIpc) is 3.46. The first-order chi connectivity index (χ1) is 21.4. The van der Waals surface area contributed by atoms with Crippen LogP contribution in [0, 0.1) is 5.41 Å². The van der Waals surface area contributed by atoms with E-state index in [2.05, 4.69) is 15.2 Å². The standard InChI is InChI=1S/C34H36F3N3O5/c1-3-45-28(41)21-33(2,34(35,36)37)30(32(43)44)39-29(24-15-8-5-9-16-24)25-17-10-11-18-26(25)38-31(42)27-19-12-20-40(27)22-23-13-6-4-7-14-23/h4-11,13-18,27,30H,3,12,19-22H2,1-2H3,(H,38,42)(H,43,44)/t27?,30?,33-/m1/s1. The van der Waals surface area contributed by atoms with Crippen molar-refractivity contribution in [2.24, 2.45) is 10.4 Å². The molecule has 1 aliphatic heterocycles. The van der Waals surface area contributed by atoms with E-state index in [4.69, 9.17) is 4.74 Å². The van der Waals surface area contributed by atoms with Crippen LogP contribution in [0.3, 0.4) is 0 Å². The zero-order chi connectivity index (χ0) is 32.6. The number of alkyl halides is 3. The highest BCUT2D eigenvalue weighted by Gasteiger charge is 2.60. The molecule has 1 aliphatic rings. The third-order valence-corrected chi connectivity index (χ3v) is 7.94. The van der Waals surface area contributed by atoms with Crippen molar-refractivity contribution in [2.75, 3.05) is 18.5 Å². The van der Waals surface area contributed by atoms with Gasteiger partial charge in [-0.05, 0) is 44.9 Å². The number of hydrogen-bond acceptors (Lipinski definition) is 6. The Morgan fingerprint density at radius 3 is 2.24 bits per heavy atom. The molecule has 1 heterocycles. The lowest BCUT2D eigenvalue weighted by atomic mass is 9.78. The third-order valence-electron chi connectivity index (χ3n) is 7.94. The molecule has 1 fully saturated rings. The predicted molar refractivity (Wildman–Crippen MR) is 164 cm³/mol. The number of amides is 1. The Balaban J connectivity index is 1.76. The molecule has 1 saturated heterocycles. The quantitative estimate of drug-likeness (QED) is 0.186. The molecule has 3 atom stereocenters. The Bertz CT molecular complexity index is 1510. The van der Waals surface area contributed by atoms with Gasteiger partial charge in [-0.3, -0.25) is 19.5 Å². The number of nitrogens with one attached hydrogen (secondary N) is 1. The SMILES string of the molecule is CCOC(=O)C[C@](C)(C(N=C(c1ccccc1)c1ccccc1NC(=O)C1CCCN1Cc1ccccc1)C(=O)O)C(F)(F)F. The van der Waals surface area contributed by atoms with Gasteiger partial charge in [0.15, 0.2) is 6.04 Å². The normalized spacial score (nSPS) is 17.7. The minimum atomic E-state index is -5.13. The second-order valence-electron chi connectivity index (χ2n) is 11.1. The Morgan fingerprint density at radius 1 is 1.00 bits per heavy atom. The number of aliphatic carboxylic acids is 1. The summed E-state index contributed by atoms with van der Waals surface area (Å²) in [5.74, 6) is -3.35. The first-order valence-electron chi connectivity index (χ1n) is 14.7. The highest BCUT2D eigenvalue weighted by atomic mass is 19.4. The number of rotatable bonds is 12.